The molecule has 1 unspecified atom stereocenters. The van der Waals surface area contributed by atoms with Crippen LogP contribution in [-0.2, 0) is 0 Å². The van der Waals surface area contributed by atoms with Crippen molar-refractivity contribution in [3.8, 4) is 0 Å². The van der Waals surface area contributed by atoms with Crippen LogP contribution in [0.25, 0.3) is 0 Å². The minimum atomic E-state index is 0.501. The van der Waals surface area contributed by atoms with E-state index >= 15 is 0 Å². The van der Waals surface area contributed by atoms with E-state index in [2.05, 4.69) is 37.6 Å². The fourth-order valence-electron chi connectivity index (χ4n) is 0.860. The summed E-state index contributed by atoms with van der Waals surface area (Å²) in [6.07, 6.45) is 7.12. The molecular weight excluding hydrogens is 146 g/mol. The van der Waals surface area contributed by atoms with Crippen LogP contribution in [0.3, 0.4) is 0 Å². The molecule has 0 rings (SSSR count). The molecule has 0 spiro atoms. The maximum atomic E-state index is 3.95. The van der Waals surface area contributed by atoms with Crippen molar-refractivity contribution in [2.45, 2.75) is 20.3 Å². The first kappa shape index (κ1) is 11.0. The third-order valence-electron chi connectivity index (χ3n) is 1.79. The first-order chi connectivity index (χ1) is 5.72. The van der Waals surface area contributed by atoms with Crippen molar-refractivity contribution >= 4 is 0 Å². The molecule has 12 heavy (non-hydrogen) atoms. The van der Waals surface area contributed by atoms with Crippen LogP contribution in [0, 0.1) is 5.92 Å². The van der Waals surface area contributed by atoms with Gasteiger partial charge in [0.25, 0.3) is 0 Å². The molecule has 0 heterocycles. The molecule has 0 bridgehead atoms. The van der Waals surface area contributed by atoms with E-state index in [1.165, 1.54) is 0 Å². The molecule has 1 nitrogen and oxygen atoms in total. The van der Waals surface area contributed by atoms with Crippen molar-refractivity contribution in [1.82, 2.24) is 5.32 Å². The van der Waals surface area contributed by atoms with Gasteiger partial charge in [0.15, 0.2) is 0 Å². The minimum absolute atomic E-state index is 0.501. The molecule has 0 aromatic heterocycles. The Morgan fingerprint density at radius 1 is 1.58 bits per heavy atom. The maximum absolute atomic E-state index is 3.95. The van der Waals surface area contributed by atoms with Crippen molar-refractivity contribution in [2.24, 2.45) is 5.92 Å². The molecule has 1 heteroatoms. The average Bonchev–Trinajstić information content (AvgIpc) is 2.10. The van der Waals surface area contributed by atoms with Gasteiger partial charge in [0.1, 0.15) is 0 Å². The second-order valence-corrected chi connectivity index (χ2v) is 2.90. The van der Waals surface area contributed by atoms with Gasteiger partial charge >= 0.3 is 0 Å². The summed E-state index contributed by atoms with van der Waals surface area (Å²) in [7, 11) is 0. The molecule has 0 aliphatic carbocycles. The normalized spacial score (nSPS) is 12.8. The summed E-state index contributed by atoms with van der Waals surface area (Å²) in [6.45, 7) is 12.6. The topological polar surface area (TPSA) is 12.0 Å². The van der Waals surface area contributed by atoms with Crippen LogP contribution in [0.4, 0.5) is 0 Å². The third kappa shape index (κ3) is 4.78. The van der Waals surface area contributed by atoms with Crippen LogP contribution in [0.2, 0.25) is 0 Å². The Bertz CT molecular complexity index is 168. The molecule has 0 fully saturated rings. The predicted octanol–water partition coefficient (Wildman–Crippen LogP) is 2.88. The molecule has 0 aromatic carbocycles. The van der Waals surface area contributed by atoms with Gasteiger partial charge < -0.3 is 5.32 Å². The standard InChI is InChI=1S/C11H19N/c1-5-7-8-10(3)11(4)12-9-6-2/h5-7,10,12H,2,4,8-9H2,1,3H3/b7-5-. The lowest BCUT2D eigenvalue weighted by atomic mass is 10.0. The van der Waals surface area contributed by atoms with Gasteiger partial charge in [-0.1, -0.05) is 31.7 Å². The molecule has 0 saturated carbocycles. The van der Waals surface area contributed by atoms with Gasteiger partial charge in [-0.2, -0.15) is 0 Å². The highest BCUT2D eigenvalue weighted by Gasteiger charge is 2.02. The van der Waals surface area contributed by atoms with Crippen LogP contribution in [0.5, 0.6) is 0 Å². The van der Waals surface area contributed by atoms with Crippen molar-refractivity contribution in [1.29, 1.82) is 0 Å². The third-order valence-corrected chi connectivity index (χ3v) is 1.79. The molecule has 0 aliphatic heterocycles. The van der Waals surface area contributed by atoms with Crippen molar-refractivity contribution in [2.75, 3.05) is 6.54 Å². The minimum Gasteiger partial charge on any atom is -0.385 e. The fraction of sp³-hybridized carbons (Fsp3) is 0.455. The Morgan fingerprint density at radius 3 is 2.75 bits per heavy atom. The van der Waals surface area contributed by atoms with E-state index in [-0.39, 0.29) is 0 Å². The molecule has 0 radical (unpaired) electrons. The molecule has 1 atom stereocenters. The van der Waals surface area contributed by atoms with Crippen LogP contribution in [0.1, 0.15) is 20.3 Å². The van der Waals surface area contributed by atoms with E-state index in [0.29, 0.717) is 5.92 Å². The van der Waals surface area contributed by atoms with E-state index < -0.39 is 0 Å². The van der Waals surface area contributed by atoms with Gasteiger partial charge in [-0.05, 0) is 19.3 Å². The van der Waals surface area contributed by atoms with E-state index in [0.717, 1.165) is 18.7 Å². The van der Waals surface area contributed by atoms with Gasteiger partial charge in [-0.25, -0.2) is 0 Å². The number of nitrogens with one attached hydrogen (secondary N) is 1. The molecule has 0 aromatic rings. The van der Waals surface area contributed by atoms with Crippen LogP contribution < -0.4 is 5.32 Å². The summed E-state index contributed by atoms with van der Waals surface area (Å²) < 4.78 is 0. The van der Waals surface area contributed by atoms with Crippen LogP contribution in [-0.4, -0.2) is 6.54 Å². The Morgan fingerprint density at radius 2 is 2.25 bits per heavy atom. The smallest absolute Gasteiger partial charge is 0.0325 e. The zero-order valence-electron chi connectivity index (χ0n) is 8.14. The molecular formula is C11H19N. The van der Waals surface area contributed by atoms with Crippen LogP contribution in [0.15, 0.2) is 37.1 Å². The summed E-state index contributed by atoms with van der Waals surface area (Å²) in [4.78, 5) is 0. The summed E-state index contributed by atoms with van der Waals surface area (Å²) >= 11 is 0. The highest BCUT2D eigenvalue weighted by molar-refractivity contribution is 5.00. The molecule has 0 saturated heterocycles. The number of hydrogen-bond donors (Lipinski definition) is 1. The van der Waals surface area contributed by atoms with Gasteiger partial charge in [-0.15, -0.1) is 6.58 Å². The Balaban J connectivity index is 3.68. The fourth-order valence-corrected chi connectivity index (χ4v) is 0.860. The van der Waals surface area contributed by atoms with Crippen LogP contribution >= 0.6 is 0 Å². The highest BCUT2D eigenvalue weighted by atomic mass is 14.9. The first-order valence-corrected chi connectivity index (χ1v) is 4.37. The second kappa shape index (κ2) is 6.71. The Kier molecular flexibility index (Phi) is 6.16. The van der Waals surface area contributed by atoms with E-state index in [4.69, 9.17) is 0 Å². The number of allylic oxidation sites excluding steroid dienone is 3. The Labute approximate surface area is 75.9 Å². The SMILES string of the molecule is C=CCNC(=C)C(C)C/C=C\C. The number of rotatable bonds is 6. The summed E-state index contributed by atoms with van der Waals surface area (Å²) in [5.41, 5.74) is 1.09. The highest BCUT2D eigenvalue weighted by Crippen LogP contribution is 2.10. The summed E-state index contributed by atoms with van der Waals surface area (Å²) in [6, 6.07) is 0. The van der Waals surface area contributed by atoms with Gasteiger partial charge in [-0.3, -0.25) is 0 Å². The average molecular weight is 165 g/mol. The quantitative estimate of drug-likeness (QED) is 0.597. The summed E-state index contributed by atoms with van der Waals surface area (Å²) in [5.74, 6) is 0.501. The molecule has 68 valence electrons. The molecule has 0 amide bonds. The predicted molar refractivity (Wildman–Crippen MR) is 55.9 cm³/mol. The zero-order valence-corrected chi connectivity index (χ0v) is 8.14. The van der Waals surface area contributed by atoms with E-state index in [1.54, 1.807) is 0 Å². The van der Waals surface area contributed by atoms with Gasteiger partial charge in [0.2, 0.25) is 0 Å². The van der Waals surface area contributed by atoms with Crippen molar-refractivity contribution in [3.05, 3.63) is 37.1 Å². The first-order valence-electron chi connectivity index (χ1n) is 4.37. The Hall–Kier alpha value is -0.980. The lowest BCUT2D eigenvalue weighted by Gasteiger charge is -2.13. The van der Waals surface area contributed by atoms with Crippen molar-refractivity contribution in [3.63, 3.8) is 0 Å². The molecule has 0 aliphatic rings. The largest absolute Gasteiger partial charge is 0.385 e. The van der Waals surface area contributed by atoms with E-state index in [9.17, 15) is 0 Å². The zero-order chi connectivity index (χ0) is 9.40. The van der Waals surface area contributed by atoms with Crippen molar-refractivity contribution < 1.29 is 0 Å². The lowest BCUT2D eigenvalue weighted by molar-refractivity contribution is 0.634. The van der Waals surface area contributed by atoms with E-state index in [1.807, 2.05) is 13.0 Å². The molecule has 1 N–H and O–H groups in total. The second-order valence-electron chi connectivity index (χ2n) is 2.90. The maximum Gasteiger partial charge on any atom is 0.0325 e. The van der Waals surface area contributed by atoms with Gasteiger partial charge in [0.05, 0.1) is 0 Å². The summed E-state index contributed by atoms with van der Waals surface area (Å²) in [5, 5.41) is 3.19. The number of hydrogen-bond acceptors (Lipinski definition) is 1. The monoisotopic (exact) mass is 165 g/mol. The van der Waals surface area contributed by atoms with Gasteiger partial charge in [0, 0.05) is 12.2 Å². The lowest BCUT2D eigenvalue weighted by Crippen LogP contribution is -2.17.